The molecule has 0 bridgehead atoms. The molecule has 4 heteroatoms. The molecule has 1 atom stereocenters. The van der Waals surface area contributed by atoms with Crippen LogP contribution in [0.4, 0.5) is 0 Å². The Morgan fingerprint density at radius 2 is 2.00 bits per heavy atom. The summed E-state index contributed by atoms with van der Waals surface area (Å²) in [5.41, 5.74) is 0. The molecule has 0 saturated heterocycles. The molecule has 2 aliphatic rings. The topological polar surface area (TPSA) is 42.7 Å². The number of rotatable bonds is 4. The van der Waals surface area contributed by atoms with Gasteiger partial charge in [-0.15, -0.1) is 10.2 Å². The first-order valence-electron chi connectivity index (χ1n) is 7.33. The molecule has 3 rings (SSSR count). The Hall–Kier alpha value is -0.900. The van der Waals surface area contributed by atoms with E-state index in [2.05, 4.69) is 40.9 Å². The highest BCUT2D eigenvalue weighted by Gasteiger charge is 2.33. The highest BCUT2D eigenvalue weighted by atomic mass is 15.3. The Morgan fingerprint density at radius 3 is 2.72 bits per heavy atom. The van der Waals surface area contributed by atoms with Crippen molar-refractivity contribution in [3.8, 4) is 0 Å². The normalized spacial score (nSPS) is 28.2. The van der Waals surface area contributed by atoms with Gasteiger partial charge >= 0.3 is 0 Å². The lowest BCUT2D eigenvalue weighted by atomic mass is 9.73. The maximum atomic E-state index is 4.35. The van der Waals surface area contributed by atoms with Gasteiger partial charge in [-0.3, -0.25) is 0 Å². The standard InChI is InChI=1S/C14H24N4/c1-9(2)11-7-12(8-11)15-10(3)14-17-16-13-5-4-6-18(13)14/h9-12,15H,4-8H2,1-3H3. The first-order valence-corrected chi connectivity index (χ1v) is 7.33. The largest absolute Gasteiger partial charge is 0.314 e. The molecule has 0 radical (unpaired) electrons. The number of nitrogens with zero attached hydrogens (tertiary/aromatic N) is 3. The zero-order valence-corrected chi connectivity index (χ0v) is 11.7. The Labute approximate surface area is 109 Å². The summed E-state index contributed by atoms with van der Waals surface area (Å²) in [6, 6.07) is 1.02. The number of aryl methyl sites for hydroxylation is 1. The van der Waals surface area contributed by atoms with Crippen LogP contribution in [0.1, 0.15) is 57.7 Å². The van der Waals surface area contributed by atoms with Crippen LogP contribution in [0.3, 0.4) is 0 Å². The van der Waals surface area contributed by atoms with Gasteiger partial charge in [-0.2, -0.15) is 0 Å². The monoisotopic (exact) mass is 248 g/mol. The van der Waals surface area contributed by atoms with Crippen molar-refractivity contribution in [3.05, 3.63) is 11.6 Å². The fraction of sp³-hybridized carbons (Fsp3) is 0.857. The van der Waals surface area contributed by atoms with Gasteiger partial charge in [0.1, 0.15) is 11.6 Å². The van der Waals surface area contributed by atoms with E-state index < -0.39 is 0 Å². The minimum absolute atomic E-state index is 0.336. The molecule has 1 aliphatic carbocycles. The number of fused-ring (bicyclic) bond motifs is 1. The van der Waals surface area contributed by atoms with Crippen molar-refractivity contribution in [2.75, 3.05) is 0 Å². The van der Waals surface area contributed by atoms with Crippen LogP contribution in [-0.2, 0) is 13.0 Å². The third kappa shape index (κ3) is 2.07. The van der Waals surface area contributed by atoms with Crippen LogP contribution in [0.5, 0.6) is 0 Å². The number of hydrogen-bond donors (Lipinski definition) is 1. The van der Waals surface area contributed by atoms with Crippen LogP contribution in [-0.4, -0.2) is 20.8 Å². The Morgan fingerprint density at radius 1 is 1.22 bits per heavy atom. The third-order valence-electron chi connectivity index (χ3n) is 4.63. The predicted octanol–water partition coefficient (Wildman–Crippen LogP) is 2.31. The molecule has 1 aromatic rings. The zero-order valence-electron chi connectivity index (χ0n) is 11.7. The van der Waals surface area contributed by atoms with Gasteiger partial charge in [-0.25, -0.2) is 0 Å². The predicted molar refractivity (Wildman–Crippen MR) is 71.2 cm³/mol. The van der Waals surface area contributed by atoms with Gasteiger partial charge in [-0.05, 0) is 38.0 Å². The van der Waals surface area contributed by atoms with Gasteiger partial charge in [0.2, 0.25) is 0 Å². The van der Waals surface area contributed by atoms with Crippen LogP contribution >= 0.6 is 0 Å². The molecule has 1 aromatic heterocycles. The molecular formula is C14H24N4. The van der Waals surface area contributed by atoms with Crippen molar-refractivity contribution in [1.82, 2.24) is 20.1 Å². The van der Waals surface area contributed by atoms with Crippen molar-refractivity contribution >= 4 is 0 Å². The minimum Gasteiger partial charge on any atom is -0.314 e. The summed E-state index contributed by atoms with van der Waals surface area (Å²) < 4.78 is 2.30. The molecule has 1 unspecified atom stereocenters. The third-order valence-corrected chi connectivity index (χ3v) is 4.63. The van der Waals surface area contributed by atoms with Crippen molar-refractivity contribution in [1.29, 1.82) is 0 Å². The van der Waals surface area contributed by atoms with Crippen LogP contribution in [0.2, 0.25) is 0 Å². The SMILES string of the molecule is CC(NC1CC(C(C)C)C1)c1nnc2n1CCC2. The fourth-order valence-corrected chi connectivity index (χ4v) is 3.26. The molecule has 0 aromatic carbocycles. The Bertz CT molecular complexity index is 417. The van der Waals surface area contributed by atoms with Crippen molar-refractivity contribution < 1.29 is 0 Å². The van der Waals surface area contributed by atoms with Gasteiger partial charge in [0.15, 0.2) is 0 Å². The van der Waals surface area contributed by atoms with E-state index in [0.717, 1.165) is 30.6 Å². The van der Waals surface area contributed by atoms with Gasteiger partial charge in [0.25, 0.3) is 0 Å². The summed E-state index contributed by atoms with van der Waals surface area (Å²) in [4.78, 5) is 0. The molecule has 0 amide bonds. The summed E-state index contributed by atoms with van der Waals surface area (Å²) in [6.45, 7) is 7.98. The lowest BCUT2D eigenvalue weighted by Gasteiger charge is -2.40. The molecule has 1 fully saturated rings. The molecule has 0 spiro atoms. The zero-order chi connectivity index (χ0) is 12.7. The Balaban J connectivity index is 1.57. The van der Waals surface area contributed by atoms with Crippen LogP contribution < -0.4 is 5.32 Å². The molecule has 18 heavy (non-hydrogen) atoms. The van der Waals surface area contributed by atoms with E-state index in [1.54, 1.807) is 0 Å². The molecule has 4 nitrogen and oxygen atoms in total. The van der Waals surface area contributed by atoms with Crippen LogP contribution in [0, 0.1) is 11.8 Å². The molecule has 1 N–H and O–H groups in total. The van der Waals surface area contributed by atoms with E-state index in [-0.39, 0.29) is 0 Å². The smallest absolute Gasteiger partial charge is 0.149 e. The highest BCUT2D eigenvalue weighted by molar-refractivity contribution is 5.05. The Kier molecular flexibility index (Phi) is 3.14. The summed E-state index contributed by atoms with van der Waals surface area (Å²) in [6.07, 6.45) is 4.97. The van der Waals surface area contributed by atoms with Crippen LogP contribution in [0.15, 0.2) is 0 Å². The maximum Gasteiger partial charge on any atom is 0.149 e. The highest BCUT2D eigenvalue weighted by Crippen LogP contribution is 2.34. The van der Waals surface area contributed by atoms with Gasteiger partial charge in [-0.1, -0.05) is 13.8 Å². The van der Waals surface area contributed by atoms with Crippen molar-refractivity contribution in [2.45, 2.75) is 65.1 Å². The van der Waals surface area contributed by atoms with E-state index in [0.29, 0.717) is 12.1 Å². The first kappa shape index (κ1) is 12.2. The quantitative estimate of drug-likeness (QED) is 0.889. The average Bonchev–Trinajstić information content (AvgIpc) is 2.82. The summed E-state index contributed by atoms with van der Waals surface area (Å²) in [5.74, 6) is 4.05. The second kappa shape index (κ2) is 4.65. The molecule has 100 valence electrons. The average molecular weight is 248 g/mol. The van der Waals surface area contributed by atoms with E-state index in [1.165, 1.54) is 25.1 Å². The lowest BCUT2D eigenvalue weighted by Crippen LogP contribution is -2.44. The number of nitrogens with one attached hydrogen (secondary N) is 1. The number of aromatic nitrogens is 3. The van der Waals surface area contributed by atoms with E-state index in [4.69, 9.17) is 0 Å². The molecule has 2 heterocycles. The fourth-order valence-electron chi connectivity index (χ4n) is 3.26. The van der Waals surface area contributed by atoms with Crippen LogP contribution in [0.25, 0.3) is 0 Å². The summed E-state index contributed by atoms with van der Waals surface area (Å²) >= 11 is 0. The van der Waals surface area contributed by atoms with Crippen molar-refractivity contribution in [3.63, 3.8) is 0 Å². The van der Waals surface area contributed by atoms with E-state index in [1.807, 2.05) is 0 Å². The van der Waals surface area contributed by atoms with Crippen molar-refractivity contribution in [2.24, 2.45) is 11.8 Å². The molecule has 1 aliphatic heterocycles. The summed E-state index contributed by atoms with van der Waals surface area (Å²) in [5, 5.41) is 12.3. The molecular weight excluding hydrogens is 224 g/mol. The number of hydrogen-bond acceptors (Lipinski definition) is 3. The second-order valence-electron chi connectivity index (χ2n) is 6.29. The summed E-state index contributed by atoms with van der Waals surface area (Å²) in [7, 11) is 0. The second-order valence-corrected chi connectivity index (χ2v) is 6.29. The van der Waals surface area contributed by atoms with E-state index in [9.17, 15) is 0 Å². The maximum absolute atomic E-state index is 4.35. The minimum atomic E-state index is 0.336. The lowest BCUT2D eigenvalue weighted by molar-refractivity contribution is 0.157. The van der Waals surface area contributed by atoms with E-state index >= 15 is 0 Å². The van der Waals surface area contributed by atoms with Gasteiger partial charge < -0.3 is 9.88 Å². The molecule has 1 saturated carbocycles. The van der Waals surface area contributed by atoms with Gasteiger partial charge in [0.05, 0.1) is 6.04 Å². The van der Waals surface area contributed by atoms with Gasteiger partial charge in [0, 0.05) is 19.0 Å². The first-order chi connectivity index (χ1) is 8.65.